The maximum Gasteiger partial charge on any atom is 0.255 e. The lowest BCUT2D eigenvalue weighted by atomic mass is 9.89. The molecule has 0 radical (unpaired) electrons. The molecule has 0 aromatic carbocycles. The number of ether oxygens (including phenoxy) is 1. The lowest BCUT2D eigenvalue weighted by Crippen LogP contribution is -2.48. The van der Waals surface area contributed by atoms with Gasteiger partial charge in [0.1, 0.15) is 6.33 Å². The van der Waals surface area contributed by atoms with Crippen LogP contribution in [0, 0.1) is 0 Å². The van der Waals surface area contributed by atoms with Gasteiger partial charge in [0.2, 0.25) is 0 Å². The highest BCUT2D eigenvalue weighted by Crippen LogP contribution is 2.24. The van der Waals surface area contributed by atoms with Crippen LogP contribution in [0.1, 0.15) is 55.4 Å². The molecule has 2 rings (SSSR count). The van der Waals surface area contributed by atoms with E-state index in [0.29, 0.717) is 11.7 Å². The van der Waals surface area contributed by atoms with Crippen LogP contribution < -0.4 is 5.32 Å². The van der Waals surface area contributed by atoms with E-state index in [1.54, 1.807) is 6.33 Å². The van der Waals surface area contributed by atoms with E-state index in [2.05, 4.69) is 15.3 Å². The highest BCUT2D eigenvalue weighted by Gasteiger charge is 2.31. The van der Waals surface area contributed by atoms with E-state index in [1.165, 1.54) is 0 Å². The van der Waals surface area contributed by atoms with Gasteiger partial charge in [-0.25, -0.2) is 9.97 Å². The molecule has 1 fully saturated rings. The first-order valence-electron chi connectivity index (χ1n) is 7.44. The predicted octanol–water partition coefficient (Wildman–Crippen LogP) is 1.90. The number of hydrogen-bond donors (Lipinski definition) is 1. The summed E-state index contributed by atoms with van der Waals surface area (Å²) in [5, 5.41) is 3.07. The lowest BCUT2D eigenvalue weighted by Gasteiger charge is -2.35. The summed E-state index contributed by atoms with van der Waals surface area (Å²) in [4.78, 5) is 20.9. The van der Waals surface area contributed by atoms with Crippen LogP contribution in [-0.4, -0.2) is 34.6 Å². The molecule has 1 amide bonds. The number of nitrogens with one attached hydrogen (secondary N) is 1. The van der Waals surface area contributed by atoms with Crippen LogP contribution in [-0.2, 0) is 17.6 Å². The fourth-order valence-electron chi connectivity index (χ4n) is 2.57. The van der Waals surface area contributed by atoms with Gasteiger partial charge in [-0.1, -0.05) is 13.8 Å². The molecule has 0 unspecified atom stereocenters. The van der Waals surface area contributed by atoms with Crippen molar-refractivity contribution in [2.24, 2.45) is 0 Å². The minimum Gasteiger partial charge on any atom is -0.378 e. The van der Waals surface area contributed by atoms with Crippen LogP contribution >= 0.6 is 0 Å². The van der Waals surface area contributed by atoms with Crippen molar-refractivity contribution in [3.63, 3.8) is 0 Å². The molecule has 1 aromatic heterocycles. The number of carbonyl (C=O) groups is 1. The fourth-order valence-corrected chi connectivity index (χ4v) is 2.57. The van der Waals surface area contributed by atoms with Gasteiger partial charge in [0.15, 0.2) is 0 Å². The smallest absolute Gasteiger partial charge is 0.255 e. The van der Waals surface area contributed by atoms with Crippen molar-refractivity contribution in [3.05, 3.63) is 23.3 Å². The van der Waals surface area contributed by atoms with E-state index < -0.39 is 0 Å². The van der Waals surface area contributed by atoms with Gasteiger partial charge in [-0.3, -0.25) is 4.79 Å². The first kappa shape index (κ1) is 14.9. The van der Waals surface area contributed by atoms with E-state index in [1.807, 2.05) is 20.8 Å². The molecule has 1 heterocycles. The van der Waals surface area contributed by atoms with Crippen LogP contribution in [0.25, 0.3) is 0 Å². The van der Waals surface area contributed by atoms with Crippen molar-refractivity contribution in [3.8, 4) is 0 Å². The van der Waals surface area contributed by atoms with Gasteiger partial charge in [0, 0.05) is 12.6 Å². The molecular formula is C15H23N3O2. The van der Waals surface area contributed by atoms with E-state index >= 15 is 0 Å². The second-order valence-electron chi connectivity index (χ2n) is 5.07. The first-order valence-corrected chi connectivity index (χ1v) is 7.44. The Morgan fingerprint density at radius 1 is 1.25 bits per heavy atom. The standard InChI is InChI=1S/C15H23N3O2/c1-4-12-14(13(5-2)17-9-16-12)15(19)18-10-7-11(8-10)20-6-3/h9-11H,4-8H2,1-3H3,(H,18,19). The van der Waals surface area contributed by atoms with Gasteiger partial charge in [0.25, 0.3) is 5.91 Å². The normalized spacial score (nSPS) is 21.4. The van der Waals surface area contributed by atoms with Crippen molar-refractivity contribution in [2.75, 3.05) is 6.61 Å². The van der Waals surface area contributed by atoms with Gasteiger partial charge in [-0.05, 0) is 32.6 Å². The van der Waals surface area contributed by atoms with Crippen molar-refractivity contribution < 1.29 is 9.53 Å². The molecular weight excluding hydrogens is 254 g/mol. The third-order valence-electron chi connectivity index (χ3n) is 3.73. The van der Waals surface area contributed by atoms with E-state index in [0.717, 1.165) is 43.7 Å². The number of aryl methyl sites for hydroxylation is 2. The predicted molar refractivity (Wildman–Crippen MR) is 76.7 cm³/mol. The van der Waals surface area contributed by atoms with Gasteiger partial charge < -0.3 is 10.1 Å². The van der Waals surface area contributed by atoms with E-state index in [-0.39, 0.29) is 11.9 Å². The Kier molecular flexibility index (Phi) is 5.06. The van der Waals surface area contributed by atoms with Crippen molar-refractivity contribution in [1.82, 2.24) is 15.3 Å². The number of amides is 1. The molecule has 1 saturated carbocycles. The molecule has 110 valence electrons. The zero-order chi connectivity index (χ0) is 14.5. The van der Waals surface area contributed by atoms with Gasteiger partial charge in [-0.2, -0.15) is 0 Å². The number of aromatic nitrogens is 2. The highest BCUT2D eigenvalue weighted by atomic mass is 16.5. The summed E-state index contributed by atoms with van der Waals surface area (Å²) in [7, 11) is 0. The highest BCUT2D eigenvalue weighted by molar-refractivity contribution is 5.96. The summed E-state index contributed by atoms with van der Waals surface area (Å²) in [5.41, 5.74) is 2.32. The molecule has 1 aliphatic rings. The Labute approximate surface area is 120 Å². The largest absolute Gasteiger partial charge is 0.378 e. The minimum absolute atomic E-state index is 0.0424. The molecule has 20 heavy (non-hydrogen) atoms. The SMILES string of the molecule is CCOC1CC(NC(=O)c2c(CC)ncnc2CC)C1. The molecule has 0 aliphatic heterocycles. The zero-order valence-electron chi connectivity index (χ0n) is 12.5. The Balaban J connectivity index is 2.03. The summed E-state index contributed by atoms with van der Waals surface area (Å²) in [6.45, 7) is 6.74. The summed E-state index contributed by atoms with van der Waals surface area (Å²) < 4.78 is 5.51. The van der Waals surface area contributed by atoms with Crippen LogP contribution in [0.2, 0.25) is 0 Å². The lowest BCUT2D eigenvalue weighted by molar-refractivity contribution is -0.00864. The van der Waals surface area contributed by atoms with Crippen molar-refractivity contribution >= 4 is 5.91 Å². The van der Waals surface area contributed by atoms with Crippen LogP contribution in [0.3, 0.4) is 0 Å². The maximum absolute atomic E-state index is 12.4. The zero-order valence-corrected chi connectivity index (χ0v) is 12.5. The number of carbonyl (C=O) groups excluding carboxylic acids is 1. The van der Waals surface area contributed by atoms with E-state index in [9.17, 15) is 4.79 Å². The average Bonchev–Trinajstić information content (AvgIpc) is 2.43. The van der Waals surface area contributed by atoms with E-state index in [4.69, 9.17) is 4.74 Å². The van der Waals surface area contributed by atoms with Crippen molar-refractivity contribution in [1.29, 1.82) is 0 Å². The maximum atomic E-state index is 12.4. The summed E-state index contributed by atoms with van der Waals surface area (Å²) >= 11 is 0. The molecule has 1 aliphatic carbocycles. The first-order chi connectivity index (χ1) is 9.69. The molecule has 0 atom stereocenters. The molecule has 0 bridgehead atoms. The van der Waals surface area contributed by atoms with Crippen LogP contribution in [0.4, 0.5) is 0 Å². The minimum atomic E-state index is -0.0424. The molecule has 5 heteroatoms. The molecule has 5 nitrogen and oxygen atoms in total. The number of rotatable bonds is 6. The summed E-state index contributed by atoms with van der Waals surface area (Å²) in [6.07, 6.45) is 5.12. The third-order valence-corrected chi connectivity index (χ3v) is 3.73. The number of nitrogens with zero attached hydrogens (tertiary/aromatic N) is 2. The Bertz CT molecular complexity index is 448. The van der Waals surface area contributed by atoms with Gasteiger partial charge >= 0.3 is 0 Å². The number of hydrogen-bond acceptors (Lipinski definition) is 4. The molecule has 1 aromatic rings. The van der Waals surface area contributed by atoms with Crippen LogP contribution in [0.5, 0.6) is 0 Å². The monoisotopic (exact) mass is 277 g/mol. The fraction of sp³-hybridized carbons (Fsp3) is 0.667. The second-order valence-corrected chi connectivity index (χ2v) is 5.07. The average molecular weight is 277 g/mol. The topological polar surface area (TPSA) is 64.1 Å². The Morgan fingerprint density at radius 2 is 1.85 bits per heavy atom. The van der Waals surface area contributed by atoms with Gasteiger partial charge in [-0.15, -0.1) is 0 Å². The Morgan fingerprint density at radius 3 is 2.35 bits per heavy atom. The molecule has 0 saturated heterocycles. The summed E-state index contributed by atoms with van der Waals surface area (Å²) in [5.74, 6) is -0.0424. The summed E-state index contributed by atoms with van der Waals surface area (Å²) in [6, 6.07) is 0.216. The van der Waals surface area contributed by atoms with Gasteiger partial charge in [0.05, 0.1) is 23.1 Å². The van der Waals surface area contributed by atoms with Crippen molar-refractivity contribution in [2.45, 2.75) is 58.6 Å². The molecule has 1 N–H and O–H groups in total. The second kappa shape index (κ2) is 6.79. The quantitative estimate of drug-likeness (QED) is 0.862. The molecule has 0 spiro atoms. The van der Waals surface area contributed by atoms with Crippen LogP contribution in [0.15, 0.2) is 6.33 Å². The Hall–Kier alpha value is -1.49. The third kappa shape index (κ3) is 3.15.